The molecular weight excluding hydrogens is 448 g/mol. The lowest BCUT2D eigenvalue weighted by atomic mass is 10.1. The van der Waals surface area contributed by atoms with Gasteiger partial charge < -0.3 is 18.9 Å². The lowest BCUT2D eigenvalue weighted by molar-refractivity contribution is -0.157. The van der Waals surface area contributed by atoms with E-state index in [2.05, 4.69) is 9.89 Å². The molecule has 0 unspecified atom stereocenters. The fourth-order valence-corrected chi connectivity index (χ4v) is 4.22. The SMILES string of the molecule is CCOC(=O)C(C=NCc1sc(CN2CCOCC2)cc1C(=O)OC(C)(C)C)C(=O)OCC. The van der Waals surface area contributed by atoms with Gasteiger partial charge in [-0.15, -0.1) is 11.3 Å². The molecule has 184 valence electrons. The number of thiophene rings is 1. The molecule has 0 saturated carbocycles. The van der Waals surface area contributed by atoms with E-state index in [9.17, 15) is 14.4 Å². The molecule has 0 N–H and O–H groups in total. The summed E-state index contributed by atoms with van der Waals surface area (Å²) in [6.07, 6.45) is 1.23. The van der Waals surface area contributed by atoms with Gasteiger partial charge in [0.2, 0.25) is 0 Å². The molecule has 1 aromatic heterocycles. The van der Waals surface area contributed by atoms with Gasteiger partial charge in [-0.05, 0) is 40.7 Å². The number of aliphatic imine (C=N–C) groups is 1. The van der Waals surface area contributed by atoms with Crippen molar-refractivity contribution in [1.29, 1.82) is 0 Å². The summed E-state index contributed by atoms with van der Waals surface area (Å²) in [5.41, 5.74) is -0.192. The molecule has 1 aromatic rings. The molecule has 1 fully saturated rings. The van der Waals surface area contributed by atoms with Gasteiger partial charge >= 0.3 is 17.9 Å². The Kier molecular flexibility index (Phi) is 10.5. The Morgan fingerprint density at radius 2 is 1.76 bits per heavy atom. The molecule has 2 heterocycles. The Balaban J connectivity index is 2.22. The minimum absolute atomic E-state index is 0.123. The van der Waals surface area contributed by atoms with E-state index in [0.29, 0.717) is 30.2 Å². The Bertz CT molecular complexity index is 820. The van der Waals surface area contributed by atoms with E-state index in [-0.39, 0.29) is 19.8 Å². The number of hydrogen-bond acceptors (Lipinski definition) is 10. The molecular formula is C23H34N2O7S. The van der Waals surface area contributed by atoms with Crippen molar-refractivity contribution < 1.29 is 33.3 Å². The van der Waals surface area contributed by atoms with Crippen LogP contribution in [0.5, 0.6) is 0 Å². The number of carbonyl (C=O) groups is 3. The normalized spacial score (nSPS) is 15.1. The van der Waals surface area contributed by atoms with Crippen LogP contribution in [0.4, 0.5) is 0 Å². The lowest BCUT2D eigenvalue weighted by Crippen LogP contribution is -2.35. The maximum Gasteiger partial charge on any atom is 0.339 e. The summed E-state index contributed by atoms with van der Waals surface area (Å²) in [5.74, 6) is -3.11. The largest absolute Gasteiger partial charge is 0.465 e. The number of rotatable bonds is 10. The van der Waals surface area contributed by atoms with Crippen LogP contribution in [0.2, 0.25) is 0 Å². The molecule has 1 saturated heterocycles. The van der Waals surface area contributed by atoms with Gasteiger partial charge in [0, 0.05) is 35.6 Å². The number of carbonyl (C=O) groups excluding carboxylic acids is 3. The van der Waals surface area contributed by atoms with Gasteiger partial charge in [0.25, 0.3) is 0 Å². The molecule has 33 heavy (non-hydrogen) atoms. The van der Waals surface area contributed by atoms with Crippen molar-refractivity contribution in [2.24, 2.45) is 10.9 Å². The molecule has 0 amide bonds. The van der Waals surface area contributed by atoms with Crippen molar-refractivity contribution in [3.05, 3.63) is 21.4 Å². The summed E-state index contributed by atoms with van der Waals surface area (Å²) in [4.78, 5) is 45.4. The molecule has 0 aromatic carbocycles. The van der Waals surface area contributed by atoms with Crippen LogP contribution < -0.4 is 0 Å². The Hall–Kier alpha value is -2.30. The molecule has 0 bridgehead atoms. The molecule has 2 rings (SSSR count). The predicted molar refractivity (Wildman–Crippen MR) is 125 cm³/mol. The molecule has 0 aliphatic carbocycles. The summed E-state index contributed by atoms with van der Waals surface area (Å²) in [6.45, 7) is 12.9. The zero-order chi connectivity index (χ0) is 24.4. The average Bonchev–Trinajstić information content (AvgIpc) is 3.13. The second-order valence-electron chi connectivity index (χ2n) is 8.41. The van der Waals surface area contributed by atoms with Crippen molar-refractivity contribution in [3.8, 4) is 0 Å². The van der Waals surface area contributed by atoms with E-state index in [0.717, 1.165) is 18.0 Å². The predicted octanol–water partition coefficient (Wildman–Crippen LogP) is 2.85. The maximum atomic E-state index is 12.8. The van der Waals surface area contributed by atoms with Gasteiger partial charge in [0.1, 0.15) is 5.60 Å². The van der Waals surface area contributed by atoms with Gasteiger partial charge in [-0.3, -0.25) is 19.5 Å². The van der Waals surface area contributed by atoms with Crippen LogP contribution in [-0.2, 0) is 41.6 Å². The zero-order valence-corrected chi connectivity index (χ0v) is 20.9. The fraction of sp³-hybridized carbons (Fsp3) is 0.652. The van der Waals surface area contributed by atoms with E-state index in [4.69, 9.17) is 18.9 Å². The molecule has 9 nitrogen and oxygen atoms in total. The van der Waals surface area contributed by atoms with Crippen LogP contribution in [0.25, 0.3) is 0 Å². The smallest absolute Gasteiger partial charge is 0.339 e. The molecule has 10 heteroatoms. The Morgan fingerprint density at radius 3 is 2.30 bits per heavy atom. The van der Waals surface area contributed by atoms with Crippen LogP contribution in [0.3, 0.4) is 0 Å². The molecule has 1 aliphatic rings. The van der Waals surface area contributed by atoms with E-state index in [1.54, 1.807) is 13.8 Å². The molecule has 1 aliphatic heterocycles. The van der Waals surface area contributed by atoms with Crippen molar-refractivity contribution in [2.45, 2.75) is 53.3 Å². The standard InChI is InChI=1S/C23H34N2O7S/c1-6-30-20(26)18(21(27)31-7-2)13-24-14-19-17(22(28)32-23(3,4)5)12-16(33-19)15-25-8-10-29-11-9-25/h12-13,18H,6-11,14-15H2,1-5H3. The first-order valence-corrected chi connectivity index (χ1v) is 11.9. The molecule has 0 atom stereocenters. The highest BCUT2D eigenvalue weighted by atomic mass is 32.1. The second-order valence-corrected chi connectivity index (χ2v) is 9.63. The third kappa shape index (κ3) is 8.87. The Labute approximate surface area is 199 Å². The number of hydrogen-bond donors (Lipinski definition) is 0. The number of esters is 3. The second kappa shape index (κ2) is 12.8. The van der Waals surface area contributed by atoms with Gasteiger partial charge in [0.15, 0.2) is 5.92 Å². The van der Waals surface area contributed by atoms with Gasteiger partial charge in [-0.25, -0.2) is 4.79 Å². The number of ether oxygens (including phenoxy) is 4. The fourth-order valence-electron chi connectivity index (χ4n) is 3.09. The topological polar surface area (TPSA) is 104 Å². The van der Waals surface area contributed by atoms with E-state index < -0.39 is 29.4 Å². The Morgan fingerprint density at radius 1 is 1.15 bits per heavy atom. The minimum atomic E-state index is -1.25. The average molecular weight is 483 g/mol. The summed E-state index contributed by atoms with van der Waals surface area (Å²) < 4.78 is 20.9. The lowest BCUT2D eigenvalue weighted by Gasteiger charge is -2.25. The number of morpholine rings is 1. The molecule has 0 spiro atoms. The first kappa shape index (κ1) is 26.9. The summed E-state index contributed by atoms with van der Waals surface area (Å²) in [5, 5.41) is 0. The van der Waals surface area contributed by atoms with Crippen molar-refractivity contribution in [2.75, 3.05) is 39.5 Å². The van der Waals surface area contributed by atoms with Crippen LogP contribution in [0.1, 0.15) is 54.7 Å². The van der Waals surface area contributed by atoms with Gasteiger partial charge in [0.05, 0.1) is 38.5 Å². The summed E-state index contributed by atoms with van der Waals surface area (Å²) in [7, 11) is 0. The third-order valence-electron chi connectivity index (χ3n) is 4.53. The van der Waals surface area contributed by atoms with Crippen molar-refractivity contribution in [1.82, 2.24) is 4.90 Å². The molecule has 0 radical (unpaired) electrons. The van der Waals surface area contributed by atoms with Crippen molar-refractivity contribution in [3.63, 3.8) is 0 Å². The van der Waals surface area contributed by atoms with E-state index in [1.807, 2.05) is 26.8 Å². The van der Waals surface area contributed by atoms with Crippen LogP contribution in [0, 0.1) is 5.92 Å². The highest BCUT2D eigenvalue weighted by Crippen LogP contribution is 2.27. The zero-order valence-electron chi connectivity index (χ0n) is 20.0. The number of nitrogens with zero attached hydrogens (tertiary/aromatic N) is 2. The highest BCUT2D eigenvalue weighted by molar-refractivity contribution is 7.12. The quantitative estimate of drug-likeness (QED) is 0.217. The van der Waals surface area contributed by atoms with Crippen LogP contribution >= 0.6 is 11.3 Å². The van der Waals surface area contributed by atoms with Crippen LogP contribution in [-0.4, -0.2) is 74.1 Å². The summed E-state index contributed by atoms with van der Waals surface area (Å²) >= 11 is 1.47. The first-order chi connectivity index (χ1) is 15.6. The van der Waals surface area contributed by atoms with E-state index >= 15 is 0 Å². The van der Waals surface area contributed by atoms with Crippen LogP contribution in [0.15, 0.2) is 11.1 Å². The summed E-state index contributed by atoms with van der Waals surface area (Å²) in [6, 6.07) is 1.84. The van der Waals surface area contributed by atoms with E-state index in [1.165, 1.54) is 17.6 Å². The maximum absolute atomic E-state index is 12.8. The minimum Gasteiger partial charge on any atom is -0.465 e. The first-order valence-electron chi connectivity index (χ1n) is 11.1. The van der Waals surface area contributed by atoms with Crippen molar-refractivity contribution >= 4 is 35.5 Å². The third-order valence-corrected chi connectivity index (χ3v) is 5.64. The highest BCUT2D eigenvalue weighted by Gasteiger charge is 2.28. The van der Waals surface area contributed by atoms with Gasteiger partial charge in [-0.2, -0.15) is 0 Å². The monoisotopic (exact) mass is 482 g/mol. The van der Waals surface area contributed by atoms with Gasteiger partial charge in [-0.1, -0.05) is 0 Å².